The lowest BCUT2D eigenvalue weighted by Gasteiger charge is -2.29. The summed E-state index contributed by atoms with van der Waals surface area (Å²) in [5.41, 5.74) is 6.92. The van der Waals surface area contributed by atoms with Crippen LogP contribution in [0.2, 0.25) is 0 Å². The van der Waals surface area contributed by atoms with Crippen LogP contribution in [0, 0.1) is 34.6 Å². The number of rotatable bonds is 5. The molecule has 0 bridgehead atoms. The first kappa shape index (κ1) is 23.1. The number of aromatic hydroxyl groups is 3. The van der Waals surface area contributed by atoms with E-state index in [4.69, 9.17) is 4.74 Å². The van der Waals surface area contributed by atoms with Crippen LogP contribution < -0.4 is 9.64 Å². The van der Waals surface area contributed by atoms with E-state index >= 15 is 0 Å². The molecule has 4 aromatic rings. The van der Waals surface area contributed by atoms with Crippen molar-refractivity contribution in [2.24, 2.45) is 0 Å². The van der Waals surface area contributed by atoms with Crippen LogP contribution >= 0.6 is 0 Å². The van der Waals surface area contributed by atoms with Crippen LogP contribution in [-0.2, 0) is 0 Å². The standard InChI is InChI=1S/C29H29NO4/c1-17-9-23(31)16-25(10-17)34-24-8-6-7-22(15-24)30(26-11-20(4)28(32)13-18(26)2)27-12-21(5)29(33)14-19(27)3/h6-16,31-33H,1-5H3. The minimum atomic E-state index is 0.151. The third-order valence-electron chi connectivity index (χ3n) is 5.86. The fraction of sp³-hybridized carbons (Fsp3) is 0.172. The molecule has 34 heavy (non-hydrogen) atoms. The first-order valence-electron chi connectivity index (χ1n) is 11.1. The number of ether oxygens (including phenoxy) is 1. The number of aryl methyl sites for hydroxylation is 5. The quantitative estimate of drug-likeness (QED) is 0.289. The van der Waals surface area contributed by atoms with Gasteiger partial charge in [-0.25, -0.2) is 0 Å². The second-order valence-corrected chi connectivity index (χ2v) is 8.79. The molecule has 0 atom stereocenters. The topological polar surface area (TPSA) is 73.2 Å². The Kier molecular flexibility index (Phi) is 6.12. The minimum Gasteiger partial charge on any atom is -0.508 e. The predicted molar refractivity (Wildman–Crippen MR) is 136 cm³/mol. The Hall–Kier alpha value is -4.12. The molecule has 0 aromatic heterocycles. The average Bonchev–Trinajstić information content (AvgIpc) is 2.75. The summed E-state index contributed by atoms with van der Waals surface area (Å²) in [5, 5.41) is 30.4. The van der Waals surface area contributed by atoms with E-state index in [0.29, 0.717) is 11.5 Å². The zero-order chi connectivity index (χ0) is 24.6. The molecule has 3 N–H and O–H groups in total. The summed E-state index contributed by atoms with van der Waals surface area (Å²) in [6.45, 7) is 9.56. The number of hydrogen-bond donors (Lipinski definition) is 3. The lowest BCUT2D eigenvalue weighted by molar-refractivity contribution is 0.454. The van der Waals surface area contributed by atoms with E-state index in [9.17, 15) is 15.3 Å². The molecule has 0 radical (unpaired) electrons. The zero-order valence-electron chi connectivity index (χ0n) is 20.0. The van der Waals surface area contributed by atoms with Crippen molar-refractivity contribution in [1.29, 1.82) is 0 Å². The average molecular weight is 456 g/mol. The second-order valence-electron chi connectivity index (χ2n) is 8.79. The molecule has 174 valence electrons. The van der Waals surface area contributed by atoms with E-state index in [-0.39, 0.29) is 17.2 Å². The fourth-order valence-electron chi connectivity index (χ4n) is 4.07. The Labute approximate surface area is 200 Å². The summed E-state index contributed by atoms with van der Waals surface area (Å²) >= 11 is 0. The van der Waals surface area contributed by atoms with E-state index in [1.54, 1.807) is 24.3 Å². The maximum absolute atomic E-state index is 10.2. The molecule has 0 aliphatic rings. The van der Waals surface area contributed by atoms with Gasteiger partial charge >= 0.3 is 0 Å². The first-order valence-corrected chi connectivity index (χ1v) is 11.1. The van der Waals surface area contributed by atoms with E-state index in [2.05, 4.69) is 4.90 Å². The molecular weight excluding hydrogens is 426 g/mol. The van der Waals surface area contributed by atoms with Gasteiger partial charge in [0, 0.05) is 29.2 Å². The molecule has 0 fully saturated rings. The number of phenolic OH excluding ortho intramolecular Hbond substituents is 3. The maximum atomic E-state index is 10.2. The van der Waals surface area contributed by atoms with Gasteiger partial charge in [0.05, 0.1) is 0 Å². The Morgan fingerprint density at radius 2 is 1.18 bits per heavy atom. The third-order valence-corrected chi connectivity index (χ3v) is 5.86. The number of nitrogens with zero attached hydrogens (tertiary/aromatic N) is 1. The smallest absolute Gasteiger partial charge is 0.131 e. The van der Waals surface area contributed by atoms with Crippen LogP contribution in [0.25, 0.3) is 0 Å². The summed E-state index contributed by atoms with van der Waals surface area (Å²) in [5.74, 6) is 1.81. The molecule has 0 spiro atoms. The van der Waals surface area contributed by atoms with Crippen LogP contribution in [0.15, 0.2) is 66.7 Å². The first-order chi connectivity index (χ1) is 16.1. The number of benzene rings is 4. The Balaban J connectivity index is 1.87. The number of anilines is 3. The van der Waals surface area contributed by atoms with Crippen LogP contribution in [0.4, 0.5) is 17.1 Å². The van der Waals surface area contributed by atoms with E-state index in [1.165, 1.54) is 0 Å². The highest BCUT2D eigenvalue weighted by molar-refractivity contribution is 5.82. The SMILES string of the molecule is Cc1cc(O)cc(Oc2cccc(N(c3cc(C)c(O)cc3C)c3cc(C)c(O)cc3C)c2)c1. The van der Waals surface area contributed by atoms with Crippen molar-refractivity contribution in [2.45, 2.75) is 34.6 Å². The Morgan fingerprint density at radius 3 is 1.74 bits per heavy atom. The van der Waals surface area contributed by atoms with Crippen LogP contribution in [-0.4, -0.2) is 15.3 Å². The molecule has 0 saturated heterocycles. The number of phenols is 3. The monoisotopic (exact) mass is 455 g/mol. The molecule has 0 heterocycles. The Bertz CT molecular complexity index is 1300. The van der Waals surface area contributed by atoms with Gasteiger partial charge in [-0.05, 0) is 111 Å². The zero-order valence-corrected chi connectivity index (χ0v) is 20.0. The summed E-state index contributed by atoms with van der Waals surface area (Å²) < 4.78 is 6.08. The molecule has 0 unspecified atom stereocenters. The van der Waals surface area contributed by atoms with Crippen molar-refractivity contribution in [3.8, 4) is 28.7 Å². The van der Waals surface area contributed by atoms with Gasteiger partial charge in [-0.3, -0.25) is 0 Å². The minimum absolute atomic E-state index is 0.151. The van der Waals surface area contributed by atoms with Crippen molar-refractivity contribution >= 4 is 17.1 Å². The van der Waals surface area contributed by atoms with Crippen molar-refractivity contribution < 1.29 is 20.1 Å². The van der Waals surface area contributed by atoms with E-state index in [1.807, 2.05) is 77.1 Å². The predicted octanol–water partition coefficient (Wildman–Crippen LogP) is 7.61. The normalized spacial score (nSPS) is 10.9. The molecule has 0 amide bonds. The van der Waals surface area contributed by atoms with Gasteiger partial charge in [0.25, 0.3) is 0 Å². The molecule has 0 saturated carbocycles. The highest BCUT2D eigenvalue weighted by Crippen LogP contribution is 2.43. The van der Waals surface area contributed by atoms with Crippen LogP contribution in [0.1, 0.15) is 27.8 Å². The fourth-order valence-corrected chi connectivity index (χ4v) is 4.07. The van der Waals surface area contributed by atoms with Crippen molar-refractivity contribution in [3.05, 3.63) is 94.5 Å². The maximum Gasteiger partial charge on any atom is 0.131 e. The van der Waals surface area contributed by atoms with Crippen LogP contribution in [0.5, 0.6) is 28.7 Å². The van der Waals surface area contributed by atoms with E-state index in [0.717, 1.165) is 44.9 Å². The lowest BCUT2D eigenvalue weighted by Crippen LogP contribution is -2.13. The summed E-state index contributed by atoms with van der Waals surface area (Å²) in [6.07, 6.45) is 0. The van der Waals surface area contributed by atoms with Crippen molar-refractivity contribution in [1.82, 2.24) is 0 Å². The molecule has 4 rings (SSSR count). The van der Waals surface area contributed by atoms with Gasteiger partial charge in [-0.1, -0.05) is 6.07 Å². The summed E-state index contributed by atoms with van der Waals surface area (Å²) in [6, 6.07) is 20.3. The molecule has 0 aliphatic carbocycles. The van der Waals surface area contributed by atoms with Crippen molar-refractivity contribution in [3.63, 3.8) is 0 Å². The molecule has 4 aromatic carbocycles. The summed E-state index contributed by atoms with van der Waals surface area (Å²) in [7, 11) is 0. The van der Waals surface area contributed by atoms with Crippen LogP contribution in [0.3, 0.4) is 0 Å². The highest BCUT2D eigenvalue weighted by atomic mass is 16.5. The molecule has 0 aliphatic heterocycles. The summed E-state index contributed by atoms with van der Waals surface area (Å²) in [4.78, 5) is 2.10. The lowest BCUT2D eigenvalue weighted by atomic mass is 10.0. The highest BCUT2D eigenvalue weighted by Gasteiger charge is 2.20. The van der Waals surface area contributed by atoms with Crippen molar-refractivity contribution in [2.75, 3.05) is 4.90 Å². The third kappa shape index (κ3) is 4.64. The van der Waals surface area contributed by atoms with Gasteiger partial charge < -0.3 is 25.0 Å². The number of hydrogen-bond acceptors (Lipinski definition) is 5. The van der Waals surface area contributed by atoms with Gasteiger partial charge in [-0.15, -0.1) is 0 Å². The molecule has 5 nitrogen and oxygen atoms in total. The van der Waals surface area contributed by atoms with Gasteiger partial charge in [0.2, 0.25) is 0 Å². The largest absolute Gasteiger partial charge is 0.508 e. The van der Waals surface area contributed by atoms with Gasteiger partial charge in [0.15, 0.2) is 0 Å². The second kappa shape index (κ2) is 9.02. The molecular formula is C29H29NO4. The van der Waals surface area contributed by atoms with Gasteiger partial charge in [-0.2, -0.15) is 0 Å². The van der Waals surface area contributed by atoms with Gasteiger partial charge in [0.1, 0.15) is 28.7 Å². The van der Waals surface area contributed by atoms with E-state index < -0.39 is 0 Å². The Morgan fingerprint density at radius 1 is 0.588 bits per heavy atom. The molecule has 5 heteroatoms.